The van der Waals surface area contributed by atoms with Crippen LogP contribution >= 0.6 is 23.5 Å². The minimum absolute atomic E-state index is 0.149. The minimum atomic E-state index is -3.63. The Morgan fingerprint density at radius 1 is 0.980 bits per heavy atom. The second-order valence-electron chi connectivity index (χ2n) is 14.1. The molecule has 3 aromatic rings. The van der Waals surface area contributed by atoms with Crippen molar-refractivity contribution >= 4 is 46.3 Å². The number of unbranched alkanes of at least 4 members (excludes halogenated alkanes) is 1. The zero-order valence-electron chi connectivity index (χ0n) is 29.2. The third kappa shape index (κ3) is 10.2. The molecule has 2 N–H and O–H groups in total. The molecule has 5 rings (SSSR count). The number of carbonyl (C=O) groups excluding carboxylic acids is 2. The van der Waals surface area contributed by atoms with Crippen molar-refractivity contribution in [3.8, 4) is 11.5 Å². The number of ether oxygens (including phenoxy) is 3. The molecule has 1 saturated carbocycles. The van der Waals surface area contributed by atoms with Crippen LogP contribution in [0.15, 0.2) is 59.5 Å². The van der Waals surface area contributed by atoms with E-state index in [0.29, 0.717) is 24.3 Å². The van der Waals surface area contributed by atoms with E-state index < -0.39 is 29.6 Å². The van der Waals surface area contributed by atoms with Gasteiger partial charge in [0.2, 0.25) is 5.91 Å². The van der Waals surface area contributed by atoms with Gasteiger partial charge in [-0.2, -0.15) is 8.78 Å². The molecule has 0 spiro atoms. The molecule has 1 saturated heterocycles. The molecule has 3 aromatic carbocycles. The number of amides is 2. The predicted octanol–water partition coefficient (Wildman–Crippen LogP) is 9.27. The Balaban J connectivity index is 1.33. The lowest BCUT2D eigenvalue weighted by Gasteiger charge is -2.36. The van der Waals surface area contributed by atoms with Crippen molar-refractivity contribution in [1.82, 2.24) is 14.9 Å². The van der Waals surface area contributed by atoms with E-state index in [0.717, 1.165) is 54.2 Å². The van der Waals surface area contributed by atoms with E-state index in [9.17, 15) is 9.59 Å². The molecule has 2 amide bonds. The highest BCUT2D eigenvalue weighted by Gasteiger charge is 2.48. The Kier molecular flexibility index (Phi) is 12.8. The van der Waals surface area contributed by atoms with Crippen LogP contribution in [0.5, 0.6) is 11.5 Å². The summed E-state index contributed by atoms with van der Waals surface area (Å²) in [6.07, 6.45) is 6.63. The first kappa shape index (κ1) is 38.0. The van der Waals surface area contributed by atoms with E-state index in [-0.39, 0.29) is 41.6 Å². The van der Waals surface area contributed by atoms with Gasteiger partial charge in [0.05, 0.1) is 17.7 Å². The summed E-state index contributed by atoms with van der Waals surface area (Å²) in [6, 6.07) is 13.3. The van der Waals surface area contributed by atoms with Gasteiger partial charge in [-0.15, -0.1) is 0 Å². The first-order chi connectivity index (χ1) is 23.8. The molecule has 1 unspecified atom stereocenters. The number of carbonyl (C=O) groups is 2. The summed E-state index contributed by atoms with van der Waals surface area (Å²) in [6.45, 7) is 8.08. The van der Waals surface area contributed by atoms with Gasteiger partial charge in [0, 0.05) is 29.6 Å². The molecule has 1 aliphatic carbocycles. The molecule has 1 atom stereocenters. The summed E-state index contributed by atoms with van der Waals surface area (Å²) < 4.78 is 53.3. The van der Waals surface area contributed by atoms with Crippen LogP contribution in [0.2, 0.25) is 5.02 Å². The van der Waals surface area contributed by atoms with Crippen LogP contribution in [0.4, 0.5) is 13.6 Å². The van der Waals surface area contributed by atoms with Gasteiger partial charge in [-0.3, -0.25) is 4.79 Å². The maximum Gasteiger partial charge on any atom is 0.407 e. The zero-order chi connectivity index (χ0) is 35.9. The minimum Gasteiger partial charge on any atom is -0.492 e. The number of nitrogens with one attached hydrogen (secondary N) is 2. The van der Waals surface area contributed by atoms with Gasteiger partial charge < -0.3 is 24.4 Å². The number of fused-ring (bicyclic) bond motifs is 1. The molecular weight excluding hydrogens is 684 g/mol. The zero-order valence-corrected chi connectivity index (χ0v) is 30.8. The number of benzene rings is 3. The van der Waals surface area contributed by atoms with E-state index in [4.69, 9.17) is 25.8 Å². The fourth-order valence-electron chi connectivity index (χ4n) is 6.16. The molecule has 2 fully saturated rings. The standard InChI is InChI=1S/C38H48ClF2N3O5S/c1-5-6-21-47-33-24-27(13-16-32(33)39)38(40,41)34(35(45)44-19-17-28(18-20-44)42-36(46)49-37(2,3)4)43-50-31-15-12-25-22-30(14-11-26(25)23-31)48-29-9-7-8-10-29/h11-16,22-24,28-29,34,43H,5-10,17-21H2,1-4H3,(H,42,46). The van der Waals surface area contributed by atoms with Gasteiger partial charge >= 0.3 is 6.09 Å². The van der Waals surface area contributed by atoms with Crippen LogP contribution in [0.3, 0.4) is 0 Å². The number of nitrogens with zero attached hydrogens (tertiary/aromatic N) is 1. The van der Waals surface area contributed by atoms with Gasteiger partial charge in [0.25, 0.3) is 5.92 Å². The van der Waals surface area contributed by atoms with Crippen molar-refractivity contribution in [2.24, 2.45) is 0 Å². The lowest BCUT2D eigenvalue weighted by atomic mass is 9.98. The maximum atomic E-state index is 16.6. The average Bonchev–Trinajstić information content (AvgIpc) is 3.58. The lowest BCUT2D eigenvalue weighted by Crippen LogP contribution is -2.56. The largest absolute Gasteiger partial charge is 0.492 e. The quantitative estimate of drug-likeness (QED) is 0.134. The molecule has 1 aliphatic heterocycles. The van der Waals surface area contributed by atoms with Gasteiger partial charge in [0.15, 0.2) is 6.04 Å². The van der Waals surface area contributed by atoms with Crippen LogP contribution in [-0.4, -0.2) is 60.4 Å². The summed E-state index contributed by atoms with van der Waals surface area (Å²) in [5.74, 6) is -3.40. The Morgan fingerprint density at radius 2 is 1.68 bits per heavy atom. The summed E-state index contributed by atoms with van der Waals surface area (Å²) in [7, 11) is 0. The van der Waals surface area contributed by atoms with Crippen LogP contribution < -0.4 is 19.5 Å². The summed E-state index contributed by atoms with van der Waals surface area (Å²) in [5, 5.41) is 4.96. The predicted molar refractivity (Wildman–Crippen MR) is 194 cm³/mol. The van der Waals surface area contributed by atoms with Crippen LogP contribution in [0.1, 0.15) is 84.6 Å². The summed E-state index contributed by atoms with van der Waals surface area (Å²) in [4.78, 5) is 28.4. The Bertz CT molecular complexity index is 1620. The van der Waals surface area contributed by atoms with Gasteiger partial charge in [-0.1, -0.05) is 43.1 Å². The molecule has 0 aromatic heterocycles. The van der Waals surface area contributed by atoms with Crippen molar-refractivity contribution in [3.05, 3.63) is 65.2 Å². The molecule has 8 nitrogen and oxygen atoms in total. The molecule has 1 heterocycles. The Labute approximate surface area is 303 Å². The molecule has 0 bridgehead atoms. The number of hydrogen-bond acceptors (Lipinski definition) is 7. The SMILES string of the molecule is CCCCOc1cc(C(F)(F)C(NSc2ccc3cc(OC4CCCC4)ccc3c2)C(=O)N2CCC(NC(=O)OC(C)(C)C)CC2)ccc1Cl. The fraction of sp³-hybridized carbons (Fsp3) is 0.526. The average molecular weight is 732 g/mol. The van der Waals surface area contributed by atoms with Crippen molar-refractivity contribution in [1.29, 1.82) is 0 Å². The molecule has 2 aliphatic rings. The fourth-order valence-corrected chi connectivity index (χ4v) is 7.16. The van der Waals surface area contributed by atoms with E-state index in [1.807, 2.05) is 43.3 Å². The molecule has 12 heteroatoms. The molecule has 50 heavy (non-hydrogen) atoms. The third-order valence-corrected chi connectivity index (χ3v) is 10.0. The van der Waals surface area contributed by atoms with Gasteiger partial charge in [-0.25, -0.2) is 9.52 Å². The van der Waals surface area contributed by atoms with Crippen molar-refractivity contribution in [3.63, 3.8) is 0 Å². The van der Waals surface area contributed by atoms with Gasteiger partial charge in [0.1, 0.15) is 17.1 Å². The van der Waals surface area contributed by atoms with Crippen LogP contribution in [-0.2, 0) is 15.5 Å². The number of alkyl halides is 2. The second-order valence-corrected chi connectivity index (χ2v) is 15.4. The first-order valence-corrected chi connectivity index (χ1v) is 18.7. The molecule has 272 valence electrons. The number of hydrogen-bond donors (Lipinski definition) is 2. The highest BCUT2D eigenvalue weighted by molar-refractivity contribution is 7.97. The number of rotatable bonds is 13. The van der Waals surface area contributed by atoms with Crippen molar-refractivity contribution in [2.45, 2.75) is 114 Å². The summed E-state index contributed by atoms with van der Waals surface area (Å²) in [5.41, 5.74) is -1.03. The van der Waals surface area contributed by atoms with E-state index in [2.05, 4.69) is 10.0 Å². The molecule has 0 radical (unpaired) electrons. The highest BCUT2D eigenvalue weighted by atomic mass is 35.5. The number of likely N-dealkylation sites (tertiary alicyclic amines) is 1. The number of piperidine rings is 1. The summed E-state index contributed by atoms with van der Waals surface area (Å²) >= 11 is 7.29. The van der Waals surface area contributed by atoms with Gasteiger partial charge in [-0.05, 0) is 125 Å². The van der Waals surface area contributed by atoms with E-state index in [1.165, 1.54) is 35.9 Å². The first-order valence-electron chi connectivity index (χ1n) is 17.5. The molecular formula is C38H48ClF2N3O5S. The topological polar surface area (TPSA) is 89.1 Å². The van der Waals surface area contributed by atoms with E-state index >= 15 is 8.78 Å². The third-order valence-electron chi connectivity index (χ3n) is 8.89. The number of halogens is 3. The highest BCUT2D eigenvalue weighted by Crippen LogP contribution is 2.39. The van der Waals surface area contributed by atoms with Crippen LogP contribution in [0, 0.1) is 0 Å². The second kappa shape index (κ2) is 16.8. The smallest absolute Gasteiger partial charge is 0.407 e. The van der Waals surface area contributed by atoms with Crippen LogP contribution in [0.25, 0.3) is 10.8 Å². The lowest BCUT2D eigenvalue weighted by molar-refractivity contribution is -0.145. The normalized spacial score (nSPS) is 16.7. The Hall–Kier alpha value is -3.28. The Morgan fingerprint density at radius 3 is 2.38 bits per heavy atom. The van der Waals surface area contributed by atoms with Crippen molar-refractivity contribution in [2.75, 3.05) is 19.7 Å². The van der Waals surface area contributed by atoms with Crippen molar-refractivity contribution < 1.29 is 32.6 Å². The van der Waals surface area contributed by atoms with E-state index in [1.54, 1.807) is 20.8 Å². The maximum absolute atomic E-state index is 16.6. The monoisotopic (exact) mass is 731 g/mol. The number of alkyl carbamates (subject to hydrolysis) is 1.